The molecule has 1 heterocycles. The molecule has 0 bridgehead atoms. The summed E-state index contributed by atoms with van der Waals surface area (Å²) in [5.41, 5.74) is -0.0621. The van der Waals surface area contributed by atoms with Crippen LogP contribution in [0.5, 0.6) is 0 Å². The number of nitrogens with zero attached hydrogens (tertiary/aromatic N) is 1. The lowest BCUT2D eigenvalue weighted by Crippen LogP contribution is -2.48. The Morgan fingerprint density at radius 3 is 2.82 bits per heavy atom. The Balaban J connectivity index is 2.34. The molecule has 0 saturated carbocycles. The zero-order valence-electron chi connectivity index (χ0n) is 7.30. The highest BCUT2D eigenvalue weighted by atomic mass is 16.5. The van der Waals surface area contributed by atoms with Crippen LogP contribution < -0.4 is 0 Å². The van der Waals surface area contributed by atoms with Crippen LogP contribution >= 0.6 is 0 Å². The molecule has 11 heavy (non-hydrogen) atoms. The average molecular weight is 158 g/mol. The first-order valence-electron chi connectivity index (χ1n) is 4.08. The Bertz CT molecular complexity index is 123. The van der Waals surface area contributed by atoms with E-state index in [1.807, 2.05) is 0 Å². The van der Waals surface area contributed by atoms with Crippen LogP contribution in [-0.2, 0) is 9.84 Å². The predicted molar refractivity (Wildman–Crippen MR) is 42.0 cm³/mol. The first-order chi connectivity index (χ1) is 5.14. The highest BCUT2D eigenvalue weighted by Gasteiger charge is 2.26. The summed E-state index contributed by atoms with van der Waals surface area (Å²) in [4.78, 5) is 2.16. The highest BCUT2D eigenvalue weighted by molar-refractivity contribution is 4.78. The van der Waals surface area contributed by atoms with Crippen molar-refractivity contribution in [1.82, 2.24) is 4.90 Å². The standard InChI is InChI=1S/C8H16NO2/c1-8(2)7-9(3-5-10)4-6-11-8/h3-7H2,1-2H3. The first-order valence-corrected chi connectivity index (χ1v) is 4.08. The van der Waals surface area contributed by atoms with Crippen LogP contribution in [0.2, 0.25) is 0 Å². The lowest BCUT2D eigenvalue weighted by atomic mass is 10.1. The van der Waals surface area contributed by atoms with E-state index in [1.54, 1.807) is 0 Å². The van der Waals surface area contributed by atoms with Gasteiger partial charge in [0.15, 0.2) is 0 Å². The number of hydrogen-bond acceptors (Lipinski definition) is 2. The molecule has 1 aliphatic rings. The molecule has 0 unspecified atom stereocenters. The number of ether oxygens (including phenoxy) is 1. The van der Waals surface area contributed by atoms with Gasteiger partial charge in [-0.15, -0.1) is 0 Å². The molecule has 1 radical (unpaired) electrons. The predicted octanol–water partition coefficient (Wildman–Crippen LogP) is 0.528. The summed E-state index contributed by atoms with van der Waals surface area (Å²) in [6, 6.07) is 0. The molecular formula is C8H16NO2. The van der Waals surface area contributed by atoms with E-state index in [9.17, 15) is 5.11 Å². The average Bonchev–Trinajstić information content (AvgIpc) is 1.85. The normalized spacial score (nSPS) is 25.4. The quantitative estimate of drug-likeness (QED) is 0.587. The van der Waals surface area contributed by atoms with Gasteiger partial charge in [0.1, 0.15) is 0 Å². The first kappa shape index (κ1) is 8.97. The van der Waals surface area contributed by atoms with Crippen LogP contribution in [0.4, 0.5) is 0 Å². The zero-order valence-corrected chi connectivity index (χ0v) is 7.30. The molecule has 0 atom stereocenters. The van der Waals surface area contributed by atoms with E-state index in [1.165, 1.54) is 0 Å². The van der Waals surface area contributed by atoms with E-state index in [2.05, 4.69) is 18.7 Å². The van der Waals surface area contributed by atoms with E-state index < -0.39 is 0 Å². The lowest BCUT2D eigenvalue weighted by molar-refractivity contribution is -0.0896. The number of hydrogen-bond donors (Lipinski definition) is 0. The smallest absolute Gasteiger partial charge is 0.0949 e. The maximum atomic E-state index is 10.3. The van der Waals surface area contributed by atoms with E-state index in [-0.39, 0.29) is 12.2 Å². The van der Waals surface area contributed by atoms with Crippen molar-refractivity contribution >= 4 is 0 Å². The highest BCUT2D eigenvalue weighted by Crippen LogP contribution is 2.15. The molecule has 3 heteroatoms. The molecule has 0 aromatic rings. The summed E-state index contributed by atoms with van der Waals surface area (Å²) in [5.74, 6) is 0. The van der Waals surface area contributed by atoms with Gasteiger partial charge >= 0.3 is 0 Å². The molecule has 0 N–H and O–H groups in total. The lowest BCUT2D eigenvalue weighted by Gasteiger charge is -2.37. The van der Waals surface area contributed by atoms with Crippen molar-refractivity contribution in [2.75, 3.05) is 32.8 Å². The van der Waals surface area contributed by atoms with Crippen LogP contribution in [0, 0.1) is 0 Å². The fourth-order valence-electron chi connectivity index (χ4n) is 1.43. The van der Waals surface area contributed by atoms with E-state index >= 15 is 0 Å². The van der Waals surface area contributed by atoms with Crippen molar-refractivity contribution in [3.05, 3.63) is 0 Å². The van der Waals surface area contributed by atoms with Crippen molar-refractivity contribution in [3.63, 3.8) is 0 Å². The van der Waals surface area contributed by atoms with Crippen LogP contribution in [0.15, 0.2) is 0 Å². The summed E-state index contributed by atoms with van der Waals surface area (Å²) in [6.07, 6.45) is 0. The van der Waals surface area contributed by atoms with Crippen LogP contribution in [0.25, 0.3) is 0 Å². The van der Waals surface area contributed by atoms with Crippen molar-refractivity contribution in [2.45, 2.75) is 19.4 Å². The van der Waals surface area contributed by atoms with Crippen molar-refractivity contribution in [1.29, 1.82) is 0 Å². The second-order valence-electron chi connectivity index (χ2n) is 3.59. The second kappa shape index (κ2) is 3.52. The van der Waals surface area contributed by atoms with Gasteiger partial charge in [0, 0.05) is 19.6 Å². The van der Waals surface area contributed by atoms with E-state index in [0.717, 1.165) is 19.7 Å². The third kappa shape index (κ3) is 2.77. The fourth-order valence-corrected chi connectivity index (χ4v) is 1.43. The largest absolute Gasteiger partial charge is 0.373 e. The minimum Gasteiger partial charge on any atom is -0.373 e. The van der Waals surface area contributed by atoms with Gasteiger partial charge in [-0.05, 0) is 13.8 Å². The third-order valence-corrected chi connectivity index (χ3v) is 1.91. The summed E-state index contributed by atoms with van der Waals surface area (Å²) >= 11 is 0. The Labute approximate surface area is 68.0 Å². The molecule has 1 rings (SSSR count). The molecule has 1 saturated heterocycles. The third-order valence-electron chi connectivity index (χ3n) is 1.91. The van der Waals surface area contributed by atoms with Gasteiger partial charge < -0.3 is 4.74 Å². The number of morpholine rings is 1. The van der Waals surface area contributed by atoms with Crippen LogP contribution in [-0.4, -0.2) is 43.3 Å². The maximum Gasteiger partial charge on any atom is 0.0949 e. The Kier molecular flexibility index (Phi) is 2.87. The number of rotatable bonds is 2. The van der Waals surface area contributed by atoms with Gasteiger partial charge in [0.05, 0.1) is 18.8 Å². The van der Waals surface area contributed by atoms with Gasteiger partial charge in [0.25, 0.3) is 0 Å². The SMILES string of the molecule is CC1(C)CN(CC[O])CCO1. The minimum atomic E-state index is -0.0621. The Morgan fingerprint density at radius 1 is 1.55 bits per heavy atom. The second-order valence-corrected chi connectivity index (χ2v) is 3.59. The van der Waals surface area contributed by atoms with E-state index in [4.69, 9.17) is 4.74 Å². The van der Waals surface area contributed by atoms with Gasteiger partial charge in [-0.3, -0.25) is 4.90 Å². The van der Waals surface area contributed by atoms with E-state index in [0.29, 0.717) is 6.54 Å². The van der Waals surface area contributed by atoms with Crippen molar-refractivity contribution < 1.29 is 9.84 Å². The maximum absolute atomic E-state index is 10.3. The van der Waals surface area contributed by atoms with Crippen LogP contribution in [0.1, 0.15) is 13.8 Å². The molecule has 0 spiro atoms. The van der Waals surface area contributed by atoms with Gasteiger partial charge in [-0.25, -0.2) is 5.11 Å². The zero-order chi connectivity index (χ0) is 8.32. The molecular weight excluding hydrogens is 142 g/mol. The van der Waals surface area contributed by atoms with Gasteiger partial charge in [-0.2, -0.15) is 0 Å². The molecule has 1 aliphatic heterocycles. The summed E-state index contributed by atoms with van der Waals surface area (Å²) < 4.78 is 5.50. The molecule has 1 fully saturated rings. The summed E-state index contributed by atoms with van der Waals surface area (Å²) in [7, 11) is 0. The molecule has 3 nitrogen and oxygen atoms in total. The van der Waals surface area contributed by atoms with Crippen LogP contribution in [0.3, 0.4) is 0 Å². The molecule has 65 valence electrons. The van der Waals surface area contributed by atoms with Gasteiger partial charge in [-0.1, -0.05) is 0 Å². The monoisotopic (exact) mass is 158 g/mol. The Hall–Kier alpha value is -0.120. The van der Waals surface area contributed by atoms with Crippen molar-refractivity contribution in [2.24, 2.45) is 0 Å². The topological polar surface area (TPSA) is 32.4 Å². The van der Waals surface area contributed by atoms with Gasteiger partial charge in [0.2, 0.25) is 0 Å². The molecule has 0 aromatic carbocycles. The minimum absolute atomic E-state index is 0.00389. The molecule has 0 aliphatic carbocycles. The Morgan fingerprint density at radius 2 is 2.27 bits per heavy atom. The van der Waals surface area contributed by atoms with Crippen molar-refractivity contribution in [3.8, 4) is 0 Å². The summed E-state index contributed by atoms with van der Waals surface area (Å²) in [5, 5.41) is 10.3. The summed E-state index contributed by atoms with van der Waals surface area (Å²) in [6.45, 7) is 7.32. The molecule has 0 amide bonds. The fraction of sp³-hybridized carbons (Fsp3) is 1.00. The molecule has 0 aromatic heterocycles.